The minimum atomic E-state index is -0.285. The van der Waals surface area contributed by atoms with Gasteiger partial charge in [0.2, 0.25) is 0 Å². The van der Waals surface area contributed by atoms with Crippen molar-refractivity contribution in [1.82, 2.24) is 14.3 Å². The topological polar surface area (TPSA) is 97.4 Å². The number of pyridine rings is 1. The van der Waals surface area contributed by atoms with Gasteiger partial charge in [0, 0.05) is 19.3 Å². The van der Waals surface area contributed by atoms with E-state index in [0.717, 1.165) is 17.3 Å². The first-order valence-electron chi connectivity index (χ1n) is 12.1. The Balaban J connectivity index is 1.52. The Morgan fingerprint density at radius 2 is 2.05 bits per heavy atom. The second-order valence-electron chi connectivity index (χ2n) is 8.90. The number of rotatable bonds is 6. The molecule has 0 radical (unpaired) electrons. The number of esters is 1. The molecule has 0 aliphatic carbocycles. The molecule has 2 fully saturated rings. The third-order valence-electron chi connectivity index (χ3n) is 6.52. The molecule has 5 heterocycles. The summed E-state index contributed by atoms with van der Waals surface area (Å²) in [6, 6.07) is 7.23. The molecular weight excluding hydrogens is 512 g/mol. The number of ether oxygens (including phenoxy) is 1. The molecule has 9 nitrogen and oxygen atoms in total. The molecule has 0 atom stereocenters. The van der Waals surface area contributed by atoms with Crippen LogP contribution in [0.1, 0.15) is 36.7 Å². The van der Waals surface area contributed by atoms with Crippen molar-refractivity contribution in [2.75, 3.05) is 24.6 Å². The number of thioether (sulfide) groups is 1. The zero-order valence-electron chi connectivity index (χ0n) is 20.5. The highest BCUT2D eigenvalue weighted by molar-refractivity contribution is 8.26. The number of thiocarbonyl (C=S) groups is 1. The fourth-order valence-electron chi connectivity index (χ4n) is 4.58. The summed E-state index contributed by atoms with van der Waals surface area (Å²) >= 11 is 6.61. The van der Waals surface area contributed by atoms with Crippen molar-refractivity contribution in [3.05, 3.63) is 68.9 Å². The molecule has 2 saturated heterocycles. The van der Waals surface area contributed by atoms with Gasteiger partial charge in [-0.3, -0.25) is 23.7 Å². The van der Waals surface area contributed by atoms with Crippen molar-refractivity contribution < 1.29 is 18.7 Å². The fraction of sp³-hybridized carbons (Fsp3) is 0.346. The van der Waals surface area contributed by atoms with E-state index in [2.05, 4.69) is 0 Å². The highest BCUT2D eigenvalue weighted by Gasteiger charge is 2.34. The average Bonchev–Trinajstić information content (AvgIpc) is 3.50. The molecule has 0 aromatic carbocycles. The molecule has 2 aliphatic heterocycles. The number of carbonyl (C=O) groups excluding carboxylic acids is 2. The highest BCUT2D eigenvalue weighted by atomic mass is 32.2. The lowest BCUT2D eigenvalue weighted by Gasteiger charge is -2.32. The van der Waals surface area contributed by atoms with Crippen LogP contribution in [0.25, 0.3) is 11.7 Å². The van der Waals surface area contributed by atoms with Gasteiger partial charge in [-0.05, 0) is 56.5 Å². The van der Waals surface area contributed by atoms with Crippen molar-refractivity contribution in [2.24, 2.45) is 5.92 Å². The Labute approximate surface area is 223 Å². The summed E-state index contributed by atoms with van der Waals surface area (Å²) in [6.07, 6.45) is 6.01. The van der Waals surface area contributed by atoms with E-state index < -0.39 is 0 Å². The standard InChI is InChI=1S/C26H26N4O5S2/c1-3-34-25(33)17-8-11-28(12-9-17)22-19(23(31)29-10-4-6-16(2)21(29)27-22)14-20-24(32)30(26(36)37-20)15-18-7-5-13-35-18/h4-7,10,13-14,17H,3,8-9,11-12,15H2,1-2H3. The largest absolute Gasteiger partial charge is 0.467 e. The van der Waals surface area contributed by atoms with Crippen LogP contribution in [0.2, 0.25) is 0 Å². The van der Waals surface area contributed by atoms with Gasteiger partial charge in [0.25, 0.3) is 11.5 Å². The normalized spacial score (nSPS) is 17.8. The number of piperidine rings is 1. The van der Waals surface area contributed by atoms with Gasteiger partial charge in [0.15, 0.2) is 0 Å². The number of nitrogens with zero attached hydrogens (tertiary/aromatic N) is 4. The molecule has 3 aromatic heterocycles. The van der Waals surface area contributed by atoms with Crippen molar-refractivity contribution in [1.29, 1.82) is 0 Å². The van der Waals surface area contributed by atoms with Crippen LogP contribution in [0.5, 0.6) is 0 Å². The highest BCUT2D eigenvalue weighted by Crippen LogP contribution is 2.35. The molecule has 0 N–H and O–H groups in total. The van der Waals surface area contributed by atoms with E-state index in [9.17, 15) is 14.4 Å². The van der Waals surface area contributed by atoms with Gasteiger partial charge in [-0.15, -0.1) is 0 Å². The van der Waals surface area contributed by atoms with E-state index in [1.54, 1.807) is 43.7 Å². The van der Waals surface area contributed by atoms with Gasteiger partial charge in [-0.1, -0.05) is 30.0 Å². The van der Waals surface area contributed by atoms with E-state index in [4.69, 9.17) is 26.4 Å². The number of furan rings is 1. The van der Waals surface area contributed by atoms with Gasteiger partial charge < -0.3 is 14.1 Å². The first kappa shape index (κ1) is 25.2. The van der Waals surface area contributed by atoms with Gasteiger partial charge in [-0.2, -0.15) is 0 Å². The van der Waals surface area contributed by atoms with Crippen molar-refractivity contribution in [3.63, 3.8) is 0 Å². The maximum Gasteiger partial charge on any atom is 0.309 e. The second kappa shape index (κ2) is 10.5. The summed E-state index contributed by atoms with van der Waals surface area (Å²) in [5.74, 6) is 0.460. The predicted octanol–water partition coefficient (Wildman–Crippen LogP) is 3.78. The number of hydrogen-bond acceptors (Lipinski definition) is 9. The van der Waals surface area contributed by atoms with Gasteiger partial charge in [-0.25, -0.2) is 4.98 Å². The quantitative estimate of drug-likeness (QED) is 0.264. The minimum absolute atomic E-state index is 0.180. The van der Waals surface area contributed by atoms with Crippen molar-refractivity contribution >= 4 is 57.7 Å². The molecule has 37 heavy (non-hydrogen) atoms. The SMILES string of the molecule is CCOC(=O)C1CCN(c2nc3c(C)cccn3c(=O)c2C=C2SC(=S)N(Cc3ccco3)C2=O)CC1. The summed E-state index contributed by atoms with van der Waals surface area (Å²) in [6.45, 7) is 5.35. The van der Waals surface area contributed by atoms with Crippen LogP contribution in [0.15, 0.2) is 50.8 Å². The summed E-state index contributed by atoms with van der Waals surface area (Å²) in [4.78, 5) is 47.9. The molecule has 3 aromatic rings. The number of anilines is 1. The monoisotopic (exact) mass is 538 g/mol. The first-order chi connectivity index (χ1) is 17.9. The van der Waals surface area contributed by atoms with Crippen LogP contribution in [0.4, 0.5) is 5.82 Å². The molecule has 2 aliphatic rings. The number of hydrogen-bond donors (Lipinski definition) is 0. The van der Waals surface area contributed by atoms with Crippen LogP contribution in [-0.4, -0.2) is 50.2 Å². The number of fused-ring (bicyclic) bond motifs is 1. The van der Waals surface area contributed by atoms with Crippen LogP contribution in [0, 0.1) is 12.8 Å². The summed E-state index contributed by atoms with van der Waals surface area (Å²) < 4.78 is 12.5. The fourth-order valence-corrected chi connectivity index (χ4v) is 5.82. The lowest BCUT2D eigenvalue weighted by atomic mass is 9.96. The molecule has 5 rings (SSSR count). The third-order valence-corrected chi connectivity index (χ3v) is 7.90. The number of amides is 1. The summed E-state index contributed by atoms with van der Waals surface area (Å²) in [5, 5.41) is 0. The zero-order valence-corrected chi connectivity index (χ0v) is 22.1. The van der Waals surface area contributed by atoms with Crippen LogP contribution >= 0.6 is 24.0 Å². The number of carbonyl (C=O) groups is 2. The number of aryl methyl sites for hydroxylation is 1. The molecule has 0 spiro atoms. The molecule has 0 unspecified atom stereocenters. The van der Waals surface area contributed by atoms with E-state index in [1.807, 2.05) is 17.9 Å². The third kappa shape index (κ3) is 4.93. The lowest BCUT2D eigenvalue weighted by Crippen LogP contribution is -2.39. The predicted molar refractivity (Wildman–Crippen MR) is 145 cm³/mol. The smallest absolute Gasteiger partial charge is 0.309 e. The maximum atomic E-state index is 13.7. The Morgan fingerprint density at radius 1 is 1.27 bits per heavy atom. The average molecular weight is 539 g/mol. The Hall–Kier alpha value is -3.44. The van der Waals surface area contributed by atoms with Crippen LogP contribution in [0.3, 0.4) is 0 Å². The second-order valence-corrected chi connectivity index (χ2v) is 10.6. The van der Waals surface area contributed by atoms with Gasteiger partial charge >= 0.3 is 5.97 Å². The van der Waals surface area contributed by atoms with E-state index in [1.165, 1.54) is 9.30 Å². The molecule has 192 valence electrons. The van der Waals surface area contributed by atoms with E-state index >= 15 is 0 Å². The van der Waals surface area contributed by atoms with E-state index in [-0.39, 0.29) is 29.9 Å². The zero-order chi connectivity index (χ0) is 26.1. The van der Waals surface area contributed by atoms with Crippen LogP contribution in [-0.2, 0) is 20.9 Å². The Bertz CT molecular complexity index is 1460. The summed E-state index contributed by atoms with van der Waals surface area (Å²) in [5.41, 5.74) is 1.46. The Kier molecular flexibility index (Phi) is 7.16. The van der Waals surface area contributed by atoms with Gasteiger partial charge in [0.1, 0.15) is 21.5 Å². The maximum absolute atomic E-state index is 13.7. The molecule has 0 saturated carbocycles. The van der Waals surface area contributed by atoms with Crippen molar-refractivity contribution in [2.45, 2.75) is 33.2 Å². The first-order valence-corrected chi connectivity index (χ1v) is 13.3. The minimum Gasteiger partial charge on any atom is -0.467 e. The van der Waals surface area contributed by atoms with Gasteiger partial charge in [0.05, 0.1) is 35.8 Å². The number of aromatic nitrogens is 2. The Morgan fingerprint density at radius 3 is 2.76 bits per heavy atom. The summed E-state index contributed by atoms with van der Waals surface area (Å²) in [7, 11) is 0. The molecule has 0 bridgehead atoms. The molecule has 11 heteroatoms. The lowest BCUT2D eigenvalue weighted by molar-refractivity contribution is -0.148. The van der Waals surface area contributed by atoms with E-state index in [0.29, 0.717) is 64.6 Å². The molecule has 1 amide bonds. The van der Waals surface area contributed by atoms with Crippen molar-refractivity contribution in [3.8, 4) is 0 Å². The molecular formula is C26H26N4O5S2. The van der Waals surface area contributed by atoms with Crippen LogP contribution < -0.4 is 10.5 Å².